The molecular formula is C91H178O17P2. The van der Waals surface area contributed by atoms with Crippen LogP contribution in [0.3, 0.4) is 0 Å². The highest BCUT2D eigenvalue weighted by Gasteiger charge is 2.31. The van der Waals surface area contributed by atoms with Crippen molar-refractivity contribution >= 4 is 39.5 Å². The first-order chi connectivity index (χ1) is 53.4. The summed E-state index contributed by atoms with van der Waals surface area (Å²) in [5, 5.41) is 10.7. The predicted molar refractivity (Wildman–Crippen MR) is 455 cm³/mol. The molecule has 17 nitrogen and oxygen atoms in total. The average molecular weight is 1610 g/mol. The normalized spacial score (nSPS) is 14.2. The number of hydrogen-bond donors (Lipinski definition) is 3. The van der Waals surface area contributed by atoms with Gasteiger partial charge in [0, 0.05) is 25.7 Å². The molecule has 0 radical (unpaired) electrons. The fraction of sp³-hybridized carbons (Fsp3) is 0.956. The molecule has 0 aliphatic heterocycles. The van der Waals surface area contributed by atoms with Crippen LogP contribution in [0.2, 0.25) is 0 Å². The van der Waals surface area contributed by atoms with E-state index in [0.717, 1.165) is 115 Å². The molecular weight excluding hydrogens is 1430 g/mol. The van der Waals surface area contributed by atoms with Crippen molar-refractivity contribution in [2.45, 2.75) is 509 Å². The molecule has 0 saturated heterocycles. The van der Waals surface area contributed by atoms with Crippen LogP contribution in [0.4, 0.5) is 0 Å². The molecule has 0 aliphatic rings. The molecule has 3 N–H and O–H groups in total. The summed E-state index contributed by atoms with van der Waals surface area (Å²) in [6.07, 6.45) is 76.6. The number of esters is 4. The lowest BCUT2D eigenvalue weighted by atomic mass is 9.99. The minimum atomic E-state index is -4.97. The van der Waals surface area contributed by atoms with Gasteiger partial charge in [-0.2, -0.15) is 0 Å². The summed E-state index contributed by atoms with van der Waals surface area (Å²) >= 11 is 0. The second kappa shape index (κ2) is 82.2. The molecule has 0 bridgehead atoms. The highest BCUT2D eigenvalue weighted by Crippen LogP contribution is 2.45. The first-order valence-corrected chi connectivity index (χ1v) is 50.1. The van der Waals surface area contributed by atoms with E-state index in [9.17, 15) is 43.2 Å². The van der Waals surface area contributed by atoms with E-state index in [1.54, 1.807) is 0 Å². The zero-order valence-corrected chi connectivity index (χ0v) is 74.4. The molecule has 0 rings (SSSR count). The van der Waals surface area contributed by atoms with Crippen LogP contribution >= 0.6 is 15.6 Å². The number of rotatable bonds is 90. The van der Waals surface area contributed by atoms with Crippen molar-refractivity contribution in [2.75, 3.05) is 39.6 Å². The highest BCUT2D eigenvalue weighted by atomic mass is 31.2. The summed E-state index contributed by atoms with van der Waals surface area (Å²) in [5.74, 6) is -0.357. The summed E-state index contributed by atoms with van der Waals surface area (Å²) in [4.78, 5) is 73.2. The lowest BCUT2D eigenvalue weighted by Crippen LogP contribution is -2.30. The number of phosphoric ester groups is 2. The van der Waals surface area contributed by atoms with Gasteiger partial charge in [0.25, 0.3) is 0 Å². The van der Waals surface area contributed by atoms with E-state index >= 15 is 0 Å². The third kappa shape index (κ3) is 81.2. The molecule has 654 valence electrons. The van der Waals surface area contributed by atoms with Crippen LogP contribution < -0.4 is 0 Å². The Labute approximate surface area is 677 Å². The molecule has 0 aromatic heterocycles. The van der Waals surface area contributed by atoms with Crippen LogP contribution in [0.5, 0.6) is 0 Å². The zero-order valence-electron chi connectivity index (χ0n) is 72.6. The number of aliphatic hydroxyl groups excluding tert-OH is 1. The summed E-state index contributed by atoms with van der Waals surface area (Å²) in [6, 6.07) is 0. The average Bonchev–Trinajstić information content (AvgIpc) is 0.908. The third-order valence-electron chi connectivity index (χ3n) is 22.2. The number of phosphoric acid groups is 2. The maximum atomic E-state index is 13.2. The maximum absolute atomic E-state index is 13.2. The fourth-order valence-corrected chi connectivity index (χ4v) is 15.8. The Morgan fingerprint density at radius 2 is 0.436 bits per heavy atom. The Hall–Kier alpha value is -1.94. The molecule has 0 fully saturated rings. The van der Waals surface area contributed by atoms with Gasteiger partial charge in [-0.05, 0) is 37.5 Å². The minimum absolute atomic E-state index is 0.109. The van der Waals surface area contributed by atoms with E-state index in [0.29, 0.717) is 25.7 Å². The van der Waals surface area contributed by atoms with Crippen molar-refractivity contribution in [1.29, 1.82) is 0 Å². The number of aliphatic hydroxyl groups is 1. The van der Waals surface area contributed by atoms with E-state index < -0.39 is 97.5 Å². The molecule has 110 heavy (non-hydrogen) atoms. The van der Waals surface area contributed by atoms with E-state index in [4.69, 9.17) is 37.0 Å². The van der Waals surface area contributed by atoms with Crippen LogP contribution in [0, 0.1) is 11.8 Å². The van der Waals surface area contributed by atoms with Gasteiger partial charge in [-0.3, -0.25) is 37.3 Å². The standard InChI is InChI=1S/C91H178O17P2/c1-7-11-13-15-17-18-19-20-21-22-23-31-36-41-46-51-57-63-69-75-90(95)107-86(79-101-88(93)73-67-61-53-16-14-12-8-2)81-105-109(97,98)103-77-85(92)78-104-110(99,100)106-82-87(108-91(96)76-70-64-58-52-47-42-37-32-27-25-29-34-39-44-49-55-60-66-72-84(6)10-4)80-102-89(94)74-68-62-56-50-45-40-35-30-26-24-28-33-38-43-48-54-59-65-71-83(5)9-3/h83-87,92H,7-82H2,1-6H3,(H,97,98)(H,99,100)/t83?,84?,85-,86+,87+/m0/s1. The Morgan fingerprint density at radius 3 is 0.645 bits per heavy atom. The van der Waals surface area contributed by atoms with Crippen molar-refractivity contribution in [2.24, 2.45) is 11.8 Å². The van der Waals surface area contributed by atoms with Crippen molar-refractivity contribution in [1.82, 2.24) is 0 Å². The number of carbonyl (C=O) groups is 4. The quantitative estimate of drug-likeness (QED) is 0.0222. The molecule has 0 spiro atoms. The monoisotopic (exact) mass is 1610 g/mol. The smallest absolute Gasteiger partial charge is 0.462 e. The number of hydrogen-bond acceptors (Lipinski definition) is 15. The lowest BCUT2D eigenvalue weighted by Gasteiger charge is -2.21. The summed E-state index contributed by atoms with van der Waals surface area (Å²) in [6.45, 7) is 9.79. The SMILES string of the molecule is CCCCCCCCCCCCCCCCCCCCCC(=O)O[C@H](COC(=O)CCCCCCCCC)COP(=O)(O)OC[C@H](O)COP(=O)(O)OC[C@@H](COC(=O)CCCCCCCCCCCCCCCCCCCCC(C)CC)OC(=O)CCCCCCCCCCCCCCCCCCCCC(C)CC. The Bertz CT molecular complexity index is 2100. The maximum Gasteiger partial charge on any atom is 0.472 e. The Kier molecular flexibility index (Phi) is 80.7. The van der Waals surface area contributed by atoms with E-state index in [-0.39, 0.29) is 25.7 Å². The zero-order chi connectivity index (χ0) is 80.6. The molecule has 0 aromatic carbocycles. The van der Waals surface area contributed by atoms with Gasteiger partial charge >= 0.3 is 39.5 Å². The van der Waals surface area contributed by atoms with Crippen molar-refractivity contribution in [3.8, 4) is 0 Å². The van der Waals surface area contributed by atoms with Crippen LogP contribution in [-0.4, -0.2) is 96.7 Å². The van der Waals surface area contributed by atoms with Crippen molar-refractivity contribution in [3.05, 3.63) is 0 Å². The number of ether oxygens (including phenoxy) is 4. The van der Waals surface area contributed by atoms with Gasteiger partial charge in [0.05, 0.1) is 26.4 Å². The van der Waals surface area contributed by atoms with Gasteiger partial charge in [0.1, 0.15) is 19.3 Å². The van der Waals surface area contributed by atoms with E-state index in [1.807, 2.05) is 0 Å². The predicted octanol–water partition coefficient (Wildman–Crippen LogP) is 28.2. The lowest BCUT2D eigenvalue weighted by molar-refractivity contribution is -0.161. The molecule has 0 amide bonds. The summed E-state index contributed by atoms with van der Waals surface area (Å²) < 4.78 is 68.9. The van der Waals surface area contributed by atoms with Gasteiger partial charge in [0.15, 0.2) is 12.2 Å². The number of unbranched alkanes of at least 4 members (excludes halogenated alkanes) is 58. The molecule has 4 unspecified atom stereocenters. The molecule has 19 heteroatoms. The van der Waals surface area contributed by atoms with Gasteiger partial charge < -0.3 is 33.8 Å². The molecule has 0 aromatic rings. The van der Waals surface area contributed by atoms with Crippen molar-refractivity contribution in [3.63, 3.8) is 0 Å². The minimum Gasteiger partial charge on any atom is -0.462 e. The summed E-state index contributed by atoms with van der Waals surface area (Å²) in [5.41, 5.74) is 0. The van der Waals surface area contributed by atoms with Gasteiger partial charge in [0.2, 0.25) is 0 Å². The second-order valence-corrected chi connectivity index (χ2v) is 36.1. The molecule has 0 saturated carbocycles. The third-order valence-corrected chi connectivity index (χ3v) is 24.1. The van der Waals surface area contributed by atoms with Crippen LogP contribution in [0.15, 0.2) is 0 Å². The van der Waals surface area contributed by atoms with E-state index in [1.165, 1.54) is 295 Å². The molecule has 7 atom stereocenters. The number of carbonyl (C=O) groups excluding carboxylic acids is 4. The first kappa shape index (κ1) is 108. The largest absolute Gasteiger partial charge is 0.472 e. The van der Waals surface area contributed by atoms with Gasteiger partial charge in [-0.1, -0.05) is 440 Å². The molecule has 0 aliphatic carbocycles. The Morgan fingerprint density at radius 1 is 0.255 bits per heavy atom. The van der Waals surface area contributed by atoms with E-state index in [2.05, 4.69) is 41.5 Å². The van der Waals surface area contributed by atoms with Crippen LogP contribution in [-0.2, 0) is 65.4 Å². The van der Waals surface area contributed by atoms with Crippen molar-refractivity contribution < 1.29 is 80.2 Å². The first-order valence-electron chi connectivity index (χ1n) is 47.1. The Balaban J connectivity index is 5.14. The van der Waals surface area contributed by atoms with Crippen LogP contribution in [0.1, 0.15) is 491 Å². The van der Waals surface area contributed by atoms with Gasteiger partial charge in [-0.25, -0.2) is 9.13 Å². The topological polar surface area (TPSA) is 237 Å². The van der Waals surface area contributed by atoms with Gasteiger partial charge in [-0.15, -0.1) is 0 Å². The molecule has 0 heterocycles. The van der Waals surface area contributed by atoms with Crippen LogP contribution in [0.25, 0.3) is 0 Å². The fourth-order valence-electron chi connectivity index (χ4n) is 14.2. The second-order valence-electron chi connectivity index (χ2n) is 33.2. The highest BCUT2D eigenvalue weighted by molar-refractivity contribution is 7.47. The summed E-state index contributed by atoms with van der Waals surface area (Å²) in [7, 11) is -9.93.